The van der Waals surface area contributed by atoms with Gasteiger partial charge in [-0.1, -0.05) is 19.1 Å². The second-order valence-electron chi connectivity index (χ2n) is 6.22. The maximum absolute atomic E-state index is 12.8. The first kappa shape index (κ1) is 18.0. The Morgan fingerprint density at radius 3 is 2.88 bits per heavy atom. The molecule has 0 bridgehead atoms. The van der Waals surface area contributed by atoms with E-state index in [0.29, 0.717) is 17.8 Å². The third kappa shape index (κ3) is 3.43. The van der Waals surface area contributed by atoms with E-state index in [4.69, 9.17) is 4.42 Å². The molecule has 0 atom stereocenters. The zero-order valence-electron chi connectivity index (χ0n) is 15.3. The van der Waals surface area contributed by atoms with Crippen molar-refractivity contribution >= 4 is 22.7 Å². The number of benzene rings is 1. The summed E-state index contributed by atoms with van der Waals surface area (Å²) in [6, 6.07) is 5.40. The van der Waals surface area contributed by atoms with Crippen LogP contribution in [0.1, 0.15) is 24.1 Å². The van der Waals surface area contributed by atoms with Gasteiger partial charge in [-0.05, 0) is 18.6 Å². The molecule has 0 aliphatic carbocycles. The minimum absolute atomic E-state index is 0.123. The number of amides is 2. The van der Waals surface area contributed by atoms with Crippen LogP contribution >= 0.6 is 0 Å². The van der Waals surface area contributed by atoms with Crippen LogP contribution in [0, 0.1) is 6.92 Å². The van der Waals surface area contributed by atoms with Gasteiger partial charge < -0.3 is 24.3 Å². The van der Waals surface area contributed by atoms with Gasteiger partial charge in [0.15, 0.2) is 5.58 Å². The summed E-state index contributed by atoms with van der Waals surface area (Å²) in [7, 11) is 1.87. The Labute approximate surface area is 152 Å². The molecule has 7 heteroatoms. The van der Waals surface area contributed by atoms with Gasteiger partial charge in [0, 0.05) is 37.8 Å². The molecule has 0 saturated carbocycles. The number of aryl methyl sites for hydroxylation is 3. The quantitative estimate of drug-likeness (QED) is 0.711. The number of anilines is 1. The molecule has 0 aliphatic heterocycles. The van der Waals surface area contributed by atoms with Crippen LogP contribution in [0.15, 0.2) is 35.0 Å². The molecule has 3 rings (SSSR count). The van der Waals surface area contributed by atoms with E-state index in [1.54, 1.807) is 6.20 Å². The van der Waals surface area contributed by atoms with E-state index in [-0.39, 0.29) is 19.2 Å². The van der Waals surface area contributed by atoms with Gasteiger partial charge in [-0.25, -0.2) is 9.78 Å². The van der Waals surface area contributed by atoms with E-state index < -0.39 is 0 Å². The smallest absolute Gasteiger partial charge is 0.322 e. The van der Waals surface area contributed by atoms with E-state index in [9.17, 15) is 9.90 Å². The van der Waals surface area contributed by atoms with E-state index in [1.165, 1.54) is 4.90 Å². The van der Waals surface area contributed by atoms with Crippen LogP contribution in [0.25, 0.3) is 11.0 Å². The predicted octanol–water partition coefficient (Wildman–Crippen LogP) is 3.06. The van der Waals surface area contributed by atoms with Crippen molar-refractivity contribution in [1.29, 1.82) is 0 Å². The number of hydrogen-bond donors (Lipinski definition) is 2. The average molecular weight is 356 g/mol. The van der Waals surface area contributed by atoms with Gasteiger partial charge in [-0.2, -0.15) is 0 Å². The fourth-order valence-electron chi connectivity index (χ4n) is 3.01. The van der Waals surface area contributed by atoms with Crippen molar-refractivity contribution < 1.29 is 14.3 Å². The number of hydrogen-bond acceptors (Lipinski definition) is 4. The molecule has 26 heavy (non-hydrogen) atoms. The number of fused-ring (bicyclic) bond motifs is 1. The maximum Gasteiger partial charge on any atom is 0.322 e. The molecule has 7 nitrogen and oxygen atoms in total. The number of imidazole rings is 1. The molecule has 0 spiro atoms. The Hall–Kier alpha value is -2.80. The summed E-state index contributed by atoms with van der Waals surface area (Å²) in [6.07, 6.45) is 4.30. The summed E-state index contributed by atoms with van der Waals surface area (Å²) in [5, 5.41) is 13.2. The van der Waals surface area contributed by atoms with E-state index in [0.717, 1.165) is 29.0 Å². The Bertz CT molecular complexity index is 913. The molecule has 2 aromatic heterocycles. The number of urea groups is 1. The highest BCUT2D eigenvalue weighted by molar-refractivity contribution is 6.00. The largest absolute Gasteiger partial charge is 0.459 e. The third-order valence-electron chi connectivity index (χ3n) is 4.54. The molecule has 2 N–H and O–H groups in total. The number of aliphatic hydroxyl groups excluding tert-OH is 1. The Morgan fingerprint density at radius 2 is 2.23 bits per heavy atom. The lowest BCUT2D eigenvalue weighted by Gasteiger charge is -2.22. The molecule has 0 aliphatic rings. The summed E-state index contributed by atoms with van der Waals surface area (Å²) in [4.78, 5) is 18.5. The van der Waals surface area contributed by atoms with Crippen molar-refractivity contribution in [3.05, 3.63) is 47.7 Å². The molecule has 0 fully saturated rings. The number of nitrogens with one attached hydrogen (secondary N) is 1. The second kappa shape index (κ2) is 7.61. The minimum Gasteiger partial charge on any atom is -0.459 e. The van der Waals surface area contributed by atoms with Gasteiger partial charge >= 0.3 is 6.03 Å². The highest BCUT2D eigenvalue weighted by Crippen LogP contribution is 2.31. The molecule has 0 saturated heterocycles. The summed E-state index contributed by atoms with van der Waals surface area (Å²) >= 11 is 0. The summed E-state index contributed by atoms with van der Waals surface area (Å²) < 4.78 is 7.79. The average Bonchev–Trinajstić information content (AvgIpc) is 3.18. The summed E-state index contributed by atoms with van der Waals surface area (Å²) in [5.74, 6) is 1.66. The minimum atomic E-state index is -0.304. The van der Waals surface area contributed by atoms with Gasteiger partial charge in [0.25, 0.3) is 0 Å². The van der Waals surface area contributed by atoms with Crippen molar-refractivity contribution in [2.75, 3.05) is 18.5 Å². The first-order valence-electron chi connectivity index (χ1n) is 8.69. The second-order valence-corrected chi connectivity index (χ2v) is 6.22. The number of furan rings is 1. The van der Waals surface area contributed by atoms with E-state index in [2.05, 4.69) is 10.3 Å². The van der Waals surface area contributed by atoms with E-state index >= 15 is 0 Å². The van der Waals surface area contributed by atoms with Crippen molar-refractivity contribution in [3.8, 4) is 0 Å². The van der Waals surface area contributed by atoms with Crippen LogP contribution in [-0.2, 0) is 20.0 Å². The van der Waals surface area contributed by atoms with Crippen LogP contribution in [0.5, 0.6) is 0 Å². The van der Waals surface area contributed by atoms with Gasteiger partial charge in [0.1, 0.15) is 11.6 Å². The topological polar surface area (TPSA) is 83.5 Å². The van der Waals surface area contributed by atoms with Crippen LogP contribution in [0.2, 0.25) is 0 Å². The van der Waals surface area contributed by atoms with Gasteiger partial charge in [0.2, 0.25) is 0 Å². The fraction of sp³-hybridized carbons (Fsp3) is 0.368. The van der Waals surface area contributed by atoms with Gasteiger partial charge in [0.05, 0.1) is 18.8 Å². The van der Waals surface area contributed by atoms with Crippen molar-refractivity contribution in [1.82, 2.24) is 14.5 Å². The number of carbonyl (C=O) groups is 1. The normalized spacial score (nSPS) is 11.1. The molecule has 3 aromatic rings. The lowest BCUT2D eigenvalue weighted by Crippen LogP contribution is -2.37. The van der Waals surface area contributed by atoms with Crippen LogP contribution in [0.3, 0.4) is 0 Å². The predicted molar refractivity (Wildman–Crippen MR) is 100 cm³/mol. The van der Waals surface area contributed by atoms with Gasteiger partial charge in [-0.15, -0.1) is 0 Å². The third-order valence-corrected chi connectivity index (χ3v) is 4.54. The SMILES string of the molecule is CCc1oc2c(NC(=O)N(CCO)Cc3nccn3C)cccc2c1C. The highest BCUT2D eigenvalue weighted by atomic mass is 16.3. The zero-order chi connectivity index (χ0) is 18.7. The first-order valence-corrected chi connectivity index (χ1v) is 8.69. The van der Waals surface area contributed by atoms with Crippen LogP contribution in [0.4, 0.5) is 10.5 Å². The lowest BCUT2D eigenvalue weighted by atomic mass is 10.1. The molecule has 1 aromatic carbocycles. The number of para-hydroxylation sites is 1. The van der Waals surface area contributed by atoms with E-state index in [1.807, 2.05) is 49.9 Å². The molecule has 0 unspecified atom stereocenters. The molecule has 138 valence electrons. The van der Waals surface area contributed by atoms with Crippen molar-refractivity contribution in [2.45, 2.75) is 26.8 Å². The molecule has 2 heterocycles. The molecule has 0 radical (unpaired) electrons. The lowest BCUT2D eigenvalue weighted by molar-refractivity contribution is 0.183. The van der Waals surface area contributed by atoms with Crippen molar-refractivity contribution in [3.63, 3.8) is 0 Å². The Balaban J connectivity index is 1.85. The summed E-state index contributed by atoms with van der Waals surface area (Å²) in [5.41, 5.74) is 2.40. The number of rotatable bonds is 6. The van der Waals surface area contributed by atoms with Crippen LogP contribution in [-0.4, -0.2) is 38.7 Å². The number of nitrogens with zero attached hydrogens (tertiary/aromatic N) is 3. The number of aliphatic hydroxyl groups is 1. The van der Waals surface area contributed by atoms with Crippen molar-refractivity contribution in [2.24, 2.45) is 7.05 Å². The number of carbonyl (C=O) groups excluding carboxylic acids is 1. The zero-order valence-corrected chi connectivity index (χ0v) is 15.3. The Kier molecular flexibility index (Phi) is 5.27. The maximum atomic E-state index is 12.8. The number of aromatic nitrogens is 2. The van der Waals surface area contributed by atoms with Gasteiger partial charge in [-0.3, -0.25) is 0 Å². The van der Waals surface area contributed by atoms with Crippen LogP contribution < -0.4 is 5.32 Å². The molecular formula is C19H24N4O3. The standard InChI is InChI=1S/C19H24N4O3/c1-4-16-13(2)14-6-5-7-15(18(14)26-16)21-19(25)23(10-11-24)12-17-20-8-9-22(17)3/h5-9,24H,4,10-12H2,1-3H3,(H,21,25). The first-order chi connectivity index (χ1) is 12.5. The highest BCUT2D eigenvalue weighted by Gasteiger charge is 2.19. The Morgan fingerprint density at radius 1 is 1.42 bits per heavy atom. The molecule has 2 amide bonds. The summed E-state index contributed by atoms with van der Waals surface area (Å²) in [6.45, 7) is 4.46. The molecular weight excluding hydrogens is 332 g/mol. The fourth-order valence-corrected chi connectivity index (χ4v) is 3.01. The monoisotopic (exact) mass is 356 g/mol.